The molecule has 0 amide bonds. The van der Waals surface area contributed by atoms with Gasteiger partial charge in [-0.15, -0.1) is 0 Å². The summed E-state index contributed by atoms with van der Waals surface area (Å²) >= 11 is 0. The first-order valence-electron chi connectivity index (χ1n) is 5.08. The molecule has 0 unspecified atom stereocenters. The number of hydrogen-bond acceptors (Lipinski definition) is 1. The lowest BCUT2D eigenvalue weighted by Gasteiger charge is -2.08. The van der Waals surface area contributed by atoms with E-state index in [-0.39, 0.29) is 12.4 Å². The molecular formula is C13H12FNO. The number of benzene rings is 1. The number of aldehydes is 1. The van der Waals surface area contributed by atoms with Gasteiger partial charge in [-0.3, -0.25) is 0 Å². The SMILES string of the molecule is Cc1ccc(-c2ccccc2F)n1CC=O. The molecule has 0 atom stereocenters. The normalized spacial score (nSPS) is 10.4. The second-order valence-electron chi connectivity index (χ2n) is 3.62. The topological polar surface area (TPSA) is 22.0 Å². The highest BCUT2D eigenvalue weighted by atomic mass is 19.1. The number of carbonyl (C=O) groups is 1. The van der Waals surface area contributed by atoms with Crippen LogP contribution in [0.3, 0.4) is 0 Å². The number of nitrogens with zero attached hydrogens (tertiary/aromatic N) is 1. The summed E-state index contributed by atoms with van der Waals surface area (Å²) in [6.45, 7) is 2.15. The molecule has 0 saturated carbocycles. The van der Waals surface area contributed by atoms with Crippen molar-refractivity contribution in [2.75, 3.05) is 0 Å². The summed E-state index contributed by atoms with van der Waals surface area (Å²) in [4.78, 5) is 10.6. The minimum atomic E-state index is -0.271. The molecule has 0 fully saturated rings. The van der Waals surface area contributed by atoms with Gasteiger partial charge in [-0.1, -0.05) is 12.1 Å². The van der Waals surface area contributed by atoms with Crippen LogP contribution in [0.2, 0.25) is 0 Å². The fourth-order valence-electron chi connectivity index (χ4n) is 1.79. The van der Waals surface area contributed by atoms with Gasteiger partial charge in [0.25, 0.3) is 0 Å². The maximum absolute atomic E-state index is 13.6. The lowest BCUT2D eigenvalue weighted by molar-refractivity contribution is -0.108. The molecule has 0 spiro atoms. The van der Waals surface area contributed by atoms with E-state index in [1.165, 1.54) is 6.07 Å². The second-order valence-corrected chi connectivity index (χ2v) is 3.62. The van der Waals surface area contributed by atoms with Crippen molar-refractivity contribution in [2.24, 2.45) is 0 Å². The van der Waals surface area contributed by atoms with Crippen LogP contribution in [0.25, 0.3) is 11.3 Å². The fourth-order valence-corrected chi connectivity index (χ4v) is 1.79. The van der Waals surface area contributed by atoms with Crippen LogP contribution in [0.4, 0.5) is 4.39 Å². The summed E-state index contributed by atoms with van der Waals surface area (Å²) in [6.07, 6.45) is 0.817. The zero-order valence-corrected chi connectivity index (χ0v) is 8.98. The number of aromatic nitrogens is 1. The largest absolute Gasteiger partial charge is 0.338 e. The summed E-state index contributed by atoms with van der Waals surface area (Å²) in [5, 5.41) is 0. The number of rotatable bonds is 3. The number of carbonyl (C=O) groups excluding carboxylic acids is 1. The van der Waals surface area contributed by atoms with Crippen LogP contribution in [0.5, 0.6) is 0 Å². The van der Waals surface area contributed by atoms with Gasteiger partial charge in [0.15, 0.2) is 0 Å². The van der Waals surface area contributed by atoms with Gasteiger partial charge in [0.05, 0.1) is 12.2 Å². The maximum atomic E-state index is 13.6. The van der Waals surface area contributed by atoms with Gasteiger partial charge in [0.1, 0.15) is 12.1 Å². The van der Waals surface area contributed by atoms with Crippen LogP contribution in [0, 0.1) is 12.7 Å². The molecule has 1 aromatic carbocycles. The summed E-state index contributed by atoms with van der Waals surface area (Å²) in [5.41, 5.74) is 2.21. The van der Waals surface area contributed by atoms with Crippen molar-refractivity contribution in [2.45, 2.75) is 13.5 Å². The lowest BCUT2D eigenvalue weighted by Crippen LogP contribution is -2.03. The van der Waals surface area contributed by atoms with E-state index >= 15 is 0 Å². The van der Waals surface area contributed by atoms with Crippen LogP contribution in [-0.4, -0.2) is 10.9 Å². The molecule has 0 aliphatic carbocycles. The standard InChI is InChI=1S/C13H12FNO/c1-10-6-7-13(15(10)8-9-16)11-4-2-3-5-12(11)14/h2-7,9H,8H2,1H3. The van der Waals surface area contributed by atoms with Gasteiger partial charge < -0.3 is 9.36 Å². The van der Waals surface area contributed by atoms with E-state index in [1.54, 1.807) is 22.8 Å². The Bertz CT molecular complexity index is 516. The average Bonchev–Trinajstić information content (AvgIpc) is 2.62. The summed E-state index contributed by atoms with van der Waals surface area (Å²) in [6, 6.07) is 10.3. The van der Waals surface area contributed by atoms with Crippen molar-refractivity contribution in [3.05, 3.63) is 47.9 Å². The highest BCUT2D eigenvalue weighted by Crippen LogP contribution is 2.24. The summed E-state index contributed by atoms with van der Waals surface area (Å²) < 4.78 is 15.4. The van der Waals surface area contributed by atoms with Crippen LogP contribution < -0.4 is 0 Å². The van der Waals surface area contributed by atoms with Crippen LogP contribution in [0.1, 0.15) is 5.69 Å². The zero-order valence-electron chi connectivity index (χ0n) is 8.98. The molecule has 0 bridgehead atoms. The fraction of sp³-hybridized carbons (Fsp3) is 0.154. The second kappa shape index (κ2) is 4.31. The Kier molecular flexibility index (Phi) is 2.86. The predicted molar refractivity (Wildman–Crippen MR) is 60.6 cm³/mol. The molecule has 0 aliphatic heterocycles. The Morgan fingerprint density at radius 2 is 2.00 bits per heavy atom. The third-order valence-corrected chi connectivity index (χ3v) is 2.61. The first-order chi connectivity index (χ1) is 7.74. The zero-order chi connectivity index (χ0) is 11.5. The molecule has 82 valence electrons. The number of halogens is 1. The molecule has 0 saturated heterocycles. The highest BCUT2D eigenvalue weighted by Gasteiger charge is 2.10. The van der Waals surface area contributed by atoms with Gasteiger partial charge in [0.2, 0.25) is 0 Å². The molecular weight excluding hydrogens is 205 g/mol. The van der Waals surface area contributed by atoms with E-state index < -0.39 is 0 Å². The molecule has 0 radical (unpaired) electrons. The van der Waals surface area contributed by atoms with E-state index in [0.717, 1.165) is 17.7 Å². The minimum Gasteiger partial charge on any atom is -0.338 e. The van der Waals surface area contributed by atoms with Crippen LogP contribution in [-0.2, 0) is 11.3 Å². The molecule has 2 rings (SSSR count). The smallest absolute Gasteiger partial charge is 0.139 e. The summed E-state index contributed by atoms with van der Waals surface area (Å²) in [7, 11) is 0. The van der Waals surface area contributed by atoms with Crippen molar-refractivity contribution < 1.29 is 9.18 Å². The first kappa shape index (κ1) is 10.6. The Hall–Kier alpha value is -1.90. The van der Waals surface area contributed by atoms with E-state index in [1.807, 2.05) is 19.1 Å². The molecule has 0 N–H and O–H groups in total. The molecule has 16 heavy (non-hydrogen) atoms. The lowest BCUT2D eigenvalue weighted by atomic mass is 10.1. The maximum Gasteiger partial charge on any atom is 0.139 e. The Balaban J connectivity index is 2.56. The molecule has 2 aromatic rings. The molecule has 3 heteroatoms. The van der Waals surface area contributed by atoms with Gasteiger partial charge >= 0.3 is 0 Å². The Labute approximate surface area is 93.3 Å². The Morgan fingerprint density at radius 1 is 1.25 bits per heavy atom. The van der Waals surface area contributed by atoms with Crippen molar-refractivity contribution in [1.82, 2.24) is 4.57 Å². The van der Waals surface area contributed by atoms with E-state index in [9.17, 15) is 9.18 Å². The quantitative estimate of drug-likeness (QED) is 0.724. The predicted octanol–water partition coefficient (Wildman–Crippen LogP) is 2.80. The third-order valence-electron chi connectivity index (χ3n) is 2.61. The highest BCUT2D eigenvalue weighted by molar-refractivity contribution is 5.63. The number of hydrogen-bond donors (Lipinski definition) is 0. The van der Waals surface area contributed by atoms with Crippen molar-refractivity contribution in [3.63, 3.8) is 0 Å². The van der Waals surface area contributed by atoms with Gasteiger partial charge in [-0.05, 0) is 31.2 Å². The average molecular weight is 217 g/mol. The van der Waals surface area contributed by atoms with Crippen molar-refractivity contribution in [3.8, 4) is 11.3 Å². The summed E-state index contributed by atoms with van der Waals surface area (Å²) in [5.74, 6) is -0.271. The molecule has 1 heterocycles. The molecule has 0 aliphatic rings. The molecule has 2 nitrogen and oxygen atoms in total. The van der Waals surface area contributed by atoms with Crippen LogP contribution in [0.15, 0.2) is 36.4 Å². The first-order valence-corrected chi connectivity index (χ1v) is 5.08. The van der Waals surface area contributed by atoms with E-state index in [2.05, 4.69) is 0 Å². The van der Waals surface area contributed by atoms with Gasteiger partial charge in [-0.2, -0.15) is 0 Å². The Morgan fingerprint density at radius 3 is 2.69 bits per heavy atom. The van der Waals surface area contributed by atoms with Crippen molar-refractivity contribution >= 4 is 6.29 Å². The third kappa shape index (κ3) is 1.76. The minimum absolute atomic E-state index is 0.252. The van der Waals surface area contributed by atoms with E-state index in [0.29, 0.717) is 5.56 Å². The van der Waals surface area contributed by atoms with E-state index in [4.69, 9.17) is 0 Å². The monoisotopic (exact) mass is 217 g/mol. The number of aryl methyl sites for hydroxylation is 1. The molecule has 1 aromatic heterocycles. The van der Waals surface area contributed by atoms with Crippen LogP contribution >= 0.6 is 0 Å². The van der Waals surface area contributed by atoms with Gasteiger partial charge in [0, 0.05) is 11.3 Å². The van der Waals surface area contributed by atoms with Crippen molar-refractivity contribution in [1.29, 1.82) is 0 Å². The van der Waals surface area contributed by atoms with Gasteiger partial charge in [-0.25, -0.2) is 4.39 Å².